The van der Waals surface area contributed by atoms with E-state index < -0.39 is 41.7 Å². The van der Waals surface area contributed by atoms with Gasteiger partial charge >= 0.3 is 12.4 Å². The molecule has 3 heterocycles. The van der Waals surface area contributed by atoms with Crippen molar-refractivity contribution in [3.63, 3.8) is 0 Å². The fourth-order valence-electron chi connectivity index (χ4n) is 4.28. The molecule has 7 nitrogen and oxygen atoms in total. The molecule has 0 amide bonds. The molecule has 3 aliphatic heterocycles. The number of nitrogens with one attached hydrogen (secondary N) is 1. The Kier molecular flexibility index (Phi) is 7.53. The lowest BCUT2D eigenvalue weighted by Crippen LogP contribution is -2.54. The molecule has 2 N–H and O–H groups in total. The SMILES string of the molecule is ON1C(Cl)=CC(N2CCOCC2)OC2=NCNCC2C1Cc1cc(C(F)(F)F)cc(C(F)(F)F)c1. The maximum Gasteiger partial charge on any atom is 0.416 e. The molecule has 0 bridgehead atoms. The second-order valence-electron chi connectivity index (χ2n) is 8.39. The van der Waals surface area contributed by atoms with Crippen LogP contribution < -0.4 is 5.32 Å². The van der Waals surface area contributed by atoms with Crippen molar-refractivity contribution in [1.82, 2.24) is 15.3 Å². The Bertz CT molecular complexity index is 949. The van der Waals surface area contributed by atoms with Crippen molar-refractivity contribution in [2.24, 2.45) is 10.9 Å². The van der Waals surface area contributed by atoms with E-state index in [4.69, 9.17) is 21.1 Å². The number of morpholine rings is 1. The summed E-state index contributed by atoms with van der Waals surface area (Å²) >= 11 is 6.34. The second-order valence-corrected chi connectivity index (χ2v) is 8.78. The molecule has 4 rings (SSSR count). The van der Waals surface area contributed by atoms with Gasteiger partial charge in [0.1, 0.15) is 5.16 Å². The molecule has 0 spiro atoms. The summed E-state index contributed by atoms with van der Waals surface area (Å²) in [5.74, 6) is -0.476. The van der Waals surface area contributed by atoms with Gasteiger partial charge in [0.05, 0.1) is 43.0 Å². The summed E-state index contributed by atoms with van der Waals surface area (Å²) in [5.41, 5.74) is -3.13. The van der Waals surface area contributed by atoms with Crippen LogP contribution in [0.25, 0.3) is 0 Å². The van der Waals surface area contributed by atoms with E-state index in [1.165, 1.54) is 6.08 Å². The van der Waals surface area contributed by atoms with Crippen molar-refractivity contribution in [2.75, 3.05) is 39.5 Å². The van der Waals surface area contributed by atoms with Gasteiger partial charge in [-0.05, 0) is 30.2 Å². The minimum Gasteiger partial charge on any atom is -0.458 e. The number of hydroxylamine groups is 2. The summed E-state index contributed by atoms with van der Waals surface area (Å²) in [6, 6.07) is 0.296. The molecule has 35 heavy (non-hydrogen) atoms. The molecule has 1 aromatic rings. The number of hydrogen-bond acceptors (Lipinski definition) is 7. The summed E-state index contributed by atoms with van der Waals surface area (Å²) in [5, 5.41) is 14.4. The van der Waals surface area contributed by atoms with Gasteiger partial charge in [0.2, 0.25) is 0 Å². The van der Waals surface area contributed by atoms with Crippen LogP contribution in [0.15, 0.2) is 34.4 Å². The minimum atomic E-state index is -4.99. The first-order valence-electron chi connectivity index (χ1n) is 10.8. The van der Waals surface area contributed by atoms with Gasteiger partial charge in [0, 0.05) is 25.7 Å². The highest BCUT2D eigenvalue weighted by Gasteiger charge is 2.41. The van der Waals surface area contributed by atoms with Crippen LogP contribution in [0.5, 0.6) is 0 Å². The number of hydrogen-bond donors (Lipinski definition) is 2. The third-order valence-electron chi connectivity index (χ3n) is 6.05. The van der Waals surface area contributed by atoms with Gasteiger partial charge in [0.25, 0.3) is 0 Å². The van der Waals surface area contributed by atoms with Crippen molar-refractivity contribution in [1.29, 1.82) is 0 Å². The van der Waals surface area contributed by atoms with Crippen molar-refractivity contribution in [3.05, 3.63) is 46.1 Å². The zero-order valence-corrected chi connectivity index (χ0v) is 19.0. The first kappa shape index (κ1) is 26.0. The highest BCUT2D eigenvalue weighted by molar-refractivity contribution is 6.29. The van der Waals surface area contributed by atoms with Crippen molar-refractivity contribution < 1.29 is 41.0 Å². The average Bonchev–Trinajstić information content (AvgIpc) is 2.81. The van der Waals surface area contributed by atoms with Crippen LogP contribution in [0.1, 0.15) is 16.7 Å². The Labute approximate surface area is 201 Å². The van der Waals surface area contributed by atoms with E-state index in [0.29, 0.717) is 43.5 Å². The zero-order valence-electron chi connectivity index (χ0n) is 18.2. The Morgan fingerprint density at radius 2 is 1.69 bits per heavy atom. The number of ether oxygens (including phenoxy) is 2. The Hall–Kier alpha value is -2.06. The predicted molar refractivity (Wildman–Crippen MR) is 113 cm³/mol. The highest BCUT2D eigenvalue weighted by Crippen LogP contribution is 2.37. The molecule has 1 fully saturated rings. The number of rotatable bonds is 3. The number of halogens is 7. The maximum atomic E-state index is 13.3. The summed E-state index contributed by atoms with van der Waals surface area (Å²) in [4.78, 5) is 6.24. The Balaban J connectivity index is 1.70. The molecule has 1 saturated heterocycles. The van der Waals surface area contributed by atoms with Crippen LogP contribution in [-0.2, 0) is 28.2 Å². The van der Waals surface area contributed by atoms with Crippen molar-refractivity contribution >= 4 is 17.5 Å². The van der Waals surface area contributed by atoms with Gasteiger partial charge < -0.3 is 9.47 Å². The number of nitrogens with zero attached hydrogens (tertiary/aromatic N) is 3. The molecular formula is C21H23ClF6N4O3. The summed E-state index contributed by atoms with van der Waals surface area (Å²) in [6.45, 7) is 2.41. The van der Waals surface area contributed by atoms with Crippen LogP contribution in [0.3, 0.4) is 0 Å². The van der Waals surface area contributed by atoms with E-state index in [-0.39, 0.29) is 42.3 Å². The van der Waals surface area contributed by atoms with Crippen molar-refractivity contribution in [2.45, 2.75) is 31.0 Å². The van der Waals surface area contributed by atoms with Crippen LogP contribution in [0, 0.1) is 5.92 Å². The zero-order chi connectivity index (χ0) is 25.4. The molecule has 3 atom stereocenters. The van der Waals surface area contributed by atoms with Crippen LogP contribution >= 0.6 is 11.6 Å². The fraction of sp³-hybridized carbons (Fsp3) is 0.571. The lowest BCUT2D eigenvalue weighted by molar-refractivity contribution is -0.143. The average molecular weight is 529 g/mol. The molecular weight excluding hydrogens is 506 g/mol. The van der Waals surface area contributed by atoms with Gasteiger partial charge in [-0.3, -0.25) is 15.4 Å². The van der Waals surface area contributed by atoms with E-state index in [1.807, 2.05) is 4.90 Å². The summed E-state index contributed by atoms with van der Waals surface area (Å²) in [6.07, 6.45) is -9.62. The first-order chi connectivity index (χ1) is 16.4. The Morgan fingerprint density at radius 3 is 2.29 bits per heavy atom. The molecule has 0 aromatic heterocycles. The smallest absolute Gasteiger partial charge is 0.416 e. The normalized spacial score (nSPS) is 26.7. The van der Waals surface area contributed by atoms with Gasteiger partial charge in [0.15, 0.2) is 12.1 Å². The van der Waals surface area contributed by atoms with Gasteiger partial charge in [-0.1, -0.05) is 11.6 Å². The third kappa shape index (κ3) is 6.02. The van der Waals surface area contributed by atoms with E-state index >= 15 is 0 Å². The maximum absolute atomic E-state index is 13.3. The first-order valence-corrected chi connectivity index (χ1v) is 11.2. The van der Waals surface area contributed by atoms with E-state index in [1.54, 1.807) is 0 Å². The highest BCUT2D eigenvalue weighted by atomic mass is 35.5. The number of benzene rings is 1. The molecule has 0 aliphatic carbocycles. The molecule has 14 heteroatoms. The molecule has 0 saturated carbocycles. The molecule has 1 aromatic carbocycles. The topological polar surface area (TPSA) is 69.6 Å². The van der Waals surface area contributed by atoms with Crippen LogP contribution in [0.2, 0.25) is 0 Å². The third-order valence-corrected chi connectivity index (χ3v) is 6.34. The molecule has 0 radical (unpaired) electrons. The van der Waals surface area contributed by atoms with Crippen molar-refractivity contribution in [3.8, 4) is 0 Å². The van der Waals surface area contributed by atoms with Crippen LogP contribution in [0.4, 0.5) is 26.3 Å². The largest absolute Gasteiger partial charge is 0.458 e. The lowest BCUT2D eigenvalue weighted by atomic mass is 9.90. The number of aliphatic imine (C=N–C) groups is 1. The quantitative estimate of drug-likeness (QED) is 0.461. The summed E-state index contributed by atoms with van der Waals surface area (Å²) < 4.78 is 91.5. The van der Waals surface area contributed by atoms with E-state index in [2.05, 4.69) is 10.3 Å². The summed E-state index contributed by atoms with van der Waals surface area (Å²) in [7, 11) is 0. The van der Waals surface area contributed by atoms with Gasteiger partial charge in [-0.25, -0.2) is 10.1 Å². The van der Waals surface area contributed by atoms with Crippen LogP contribution in [-0.4, -0.2) is 72.9 Å². The second kappa shape index (κ2) is 10.1. The van der Waals surface area contributed by atoms with Gasteiger partial charge in [-0.15, -0.1) is 0 Å². The van der Waals surface area contributed by atoms with E-state index in [0.717, 1.165) is 0 Å². The predicted octanol–water partition coefficient (Wildman–Crippen LogP) is 3.67. The Morgan fingerprint density at radius 1 is 1.06 bits per heavy atom. The van der Waals surface area contributed by atoms with E-state index in [9.17, 15) is 31.5 Å². The molecule has 194 valence electrons. The van der Waals surface area contributed by atoms with Gasteiger partial charge in [-0.2, -0.15) is 26.3 Å². The molecule has 3 aliphatic rings. The standard InChI is InChI=1S/C21H23ClF6N4O3/c22-17-9-18(31-1-3-34-4-2-31)35-19-15(10-29-11-30-19)16(32(17)33)7-12-5-13(20(23,24)25)8-14(6-12)21(26,27)28/h5-6,8-9,15-16,18,29,33H,1-4,7,10-11H2. The molecule has 3 unspecified atom stereocenters. The monoisotopic (exact) mass is 528 g/mol. The lowest BCUT2D eigenvalue weighted by Gasteiger charge is -2.41. The minimum absolute atomic E-state index is 0.0658. The fourth-order valence-corrected chi connectivity index (χ4v) is 4.52. The number of fused-ring (bicyclic) bond motifs is 1. The number of alkyl halides is 6.